The van der Waals surface area contributed by atoms with Gasteiger partial charge < -0.3 is 9.47 Å². The summed E-state index contributed by atoms with van der Waals surface area (Å²) in [6.07, 6.45) is 1.60. The third-order valence-corrected chi connectivity index (χ3v) is 5.42. The van der Waals surface area contributed by atoms with Gasteiger partial charge in [0.25, 0.3) is 0 Å². The van der Waals surface area contributed by atoms with E-state index in [4.69, 9.17) is 9.47 Å². The maximum atomic E-state index is 12.6. The van der Waals surface area contributed by atoms with Gasteiger partial charge in [-0.3, -0.25) is 0 Å². The molecule has 110 valence electrons. The van der Waals surface area contributed by atoms with Crippen molar-refractivity contribution in [3.05, 3.63) is 29.8 Å². The highest BCUT2D eigenvalue weighted by Crippen LogP contribution is 2.30. The lowest BCUT2D eigenvalue weighted by molar-refractivity contribution is 0.192. The summed E-state index contributed by atoms with van der Waals surface area (Å²) in [4.78, 5) is 0.377. The van der Waals surface area contributed by atoms with Crippen molar-refractivity contribution < 1.29 is 17.9 Å². The van der Waals surface area contributed by atoms with Crippen molar-refractivity contribution in [3.8, 4) is 0 Å². The molecule has 2 unspecified atom stereocenters. The summed E-state index contributed by atoms with van der Waals surface area (Å²) in [5, 5.41) is 0. The minimum absolute atomic E-state index is 0.118. The second-order valence-electron chi connectivity index (χ2n) is 5.28. The smallest absolute Gasteiger partial charge is 0.241 e. The van der Waals surface area contributed by atoms with Gasteiger partial charge in [-0.15, -0.1) is 0 Å². The van der Waals surface area contributed by atoms with E-state index in [2.05, 4.69) is 4.72 Å². The molecule has 0 amide bonds. The molecular weight excluding hydrogens is 278 g/mol. The van der Waals surface area contributed by atoms with Crippen molar-refractivity contribution in [3.63, 3.8) is 0 Å². The monoisotopic (exact) mass is 297 g/mol. The summed E-state index contributed by atoms with van der Waals surface area (Å²) < 4.78 is 38.5. The fourth-order valence-electron chi connectivity index (χ4n) is 2.75. The summed E-state index contributed by atoms with van der Waals surface area (Å²) in [5.74, 6) is 0.169. The molecule has 2 fully saturated rings. The largest absolute Gasteiger partial charge is 0.381 e. The molecule has 0 saturated carbocycles. The molecule has 2 aliphatic heterocycles. The molecular formula is C14H19NO4S. The van der Waals surface area contributed by atoms with Crippen LogP contribution in [0, 0.1) is 0 Å². The van der Waals surface area contributed by atoms with E-state index in [0.717, 1.165) is 18.4 Å². The van der Waals surface area contributed by atoms with Crippen molar-refractivity contribution in [2.24, 2.45) is 0 Å². The summed E-state index contributed by atoms with van der Waals surface area (Å²) in [5.41, 5.74) is 0.858. The fourth-order valence-corrected chi connectivity index (χ4v) is 4.31. The quantitative estimate of drug-likeness (QED) is 0.908. The first-order valence-electron chi connectivity index (χ1n) is 6.93. The molecule has 1 N–H and O–H groups in total. The average molecular weight is 297 g/mol. The molecule has 5 nitrogen and oxygen atoms in total. The van der Waals surface area contributed by atoms with Gasteiger partial charge in [-0.1, -0.05) is 18.2 Å². The first-order chi connectivity index (χ1) is 9.67. The zero-order chi connectivity index (χ0) is 14.0. The first-order valence-corrected chi connectivity index (χ1v) is 8.42. The van der Waals surface area contributed by atoms with E-state index in [-0.39, 0.29) is 12.0 Å². The van der Waals surface area contributed by atoms with Gasteiger partial charge in [0.15, 0.2) is 0 Å². The molecule has 2 atom stereocenters. The Morgan fingerprint density at radius 3 is 2.50 bits per heavy atom. The second kappa shape index (κ2) is 5.81. The lowest BCUT2D eigenvalue weighted by Crippen LogP contribution is -2.35. The molecule has 2 saturated heterocycles. The Kier molecular flexibility index (Phi) is 4.07. The molecule has 3 rings (SSSR count). The molecule has 6 heteroatoms. The Bertz CT molecular complexity index is 560. The van der Waals surface area contributed by atoms with Gasteiger partial charge in [-0.25, -0.2) is 13.1 Å². The highest BCUT2D eigenvalue weighted by Gasteiger charge is 2.28. The zero-order valence-electron chi connectivity index (χ0n) is 11.2. The lowest BCUT2D eigenvalue weighted by Gasteiger charge is -2.17. The highest BCUT2D eigenvalue weighted by atomic mass is 32.2. The maximum Gasteiger partial charge on any atom is 0.241 e. The van der Waals surface area contributed by atoms with Crippen LogP contribution in [0.1, 0.15) is 24.3 Å². The van der Waals surface area contributed by atoms with E-state index in [0.29, 0.717) is 31.3 Å². The van der Waals surface area contributed by atoms with Crippen LogP contribution in [0.4, 0.5) is 0 Å². The van der Waals surface area contributed by atoms with Gasteiger partial charge in [-0.2, -0.15) is 0 Å². The van der Waals surface area contributed by atoms with E-state index in [9.17, 15) is 8.42 Å². The summed E-state index contributed by atoms with van der Waals surface area (Å²) in [6, 6.07) is 7.09. The van der Waals surface area contributed by atoms with Crippen LogP contribution in [0.2, 0.25) is 0 Å². The Hall–Kier alpha value is -0.950. The molecule has 0 aromatic heterocycles. The van der Waals surface area contributed by atoms with Gasteiger partial charge in [0, 0.05) is 25.2 Å². The van der Waals surface area contributed by atoms with Crippen LogP contribution in [0.5, 0.6) is 0 Å². The number of sulfonamides is 1. The van der Waals surface area contributed by atoms with Crippen LogP contribution in [0.25, 0.3) is 0 Å². The van der Waals surface area contributed by atoms with Crippen molar-refractivity contribution in [1.82, 2.24) is 4.72 Å². The van der Waals surface area contributed by atoms with Crippen LogP contribution >= 0.6 is 0 Å². The number of ether oxygens (including phenoxy) is 2. The van der Waals surface area contributed by atoms with Crippen LogP contribution in [-0.4, -0.2) is 40.9 Å². The maximum absolute atomic E-state index is 12.6. The highest BCUT2D eigenvalue weighted by molar-refractivity contribution is 7.89. The van der Waals surface area contributed by atoms with Crippen molar-refractivity contribution in [1.29, 1.82) is 0 Å². The van der Waals surface area contributed by atoms with Crippen LogP contribution in [0.3, 0.4) is 0 Å². The van der Waals surface area contributed by atoms with Crippen molar-refractivity contribution in [2.45, 2.75) is 29.7 Å². The fraction of sp³-hybridized carbons (Fsp3) is 0.571. The van der Waals surface area contributed by atoms with Gasteiger partial charge in [0.1, 0.15) is 0 Å². The van der Waals surface area contributed by atoms with Crippen LogP contribution in [-0.2, 0) is 19.5 Å². The molecule has 0 radical (unpaired) electrons. The second-order valence-corrected chi connectivity index (χ2v) is 6.96. The lowest BCUT2D eigenvalue weighted by atomic mass is 9.99. The topological polar surface area (TPSA) is 64.6 Å². The molecule has 1 aromatic rings. The number of hydrogen-bond acceptors (Lipinski definition) is 4. The standard InChI is InChI=1S/C14H19NO4S/c16-20(17,15-12-6-8-19-10-12)14-4-2-1-3-13(14)11-5-7-18-9-11/h1-4,11-12,15H,5-10H2. The van der Waals surface area contributed by atoms with E-state index in [1.807, 2.05) is 12.1 Å². The predicted octanol–water partition coefficient (Wildman–Crippen LogP) is 1.26. The molecule has 0 spiro atoms. The normalized spacial score (nSPS) is 27.0. The Balaban J connectivity index is 1.88. The third kappa shape index (κ3) is 2.88. The average Bonchev–Trinajstić information content (AvgIpc) is 3.11. The van der Waals surface area contributed by atoms with Gasteiger partial charge in [0.05, 0.1) is 18.1 Å². The Labute approximate surface area is 119 Å². The number of hydrogen-bond donors (Lipinski definition) is 1. The van der Waals surface area contributed by atoms with Gasteiger partial charge in [-0.05, 0) is 24.5 Å². The zero-order valence-corrected chi connectivity index (χ0v) is 12.1. The van der Waals surface area contributed by atoms with Crippen molar-refractivity contribution in [2.75, 3.05) is 26.4 Å². The van der Waals surface area contributed by atoms with Gasteiger partial charge in [0.2, 0.25) is 10.0 Å². The van der Waals surface area contributed by atoms with Crippen LogP contribution in [0.15, 0.2) is 29.2 Å². The predicted molar refractivity (Wildman–Crippen MR) is 74.2 cm³/mol. The summed E-state index contributed by atoms with van der Waals surface area (Å²) in [7, 11) is -3.50. The molecule has 2 heterocycles. The summed E-state index contributed by atoms with van der Waals surface area (Å²) >= 11 is 0. The van der Waals surface area contributed by atoms with Crippen molar-refractivity contribution >= 4 is 10.0 Å². The van der Waals surface area contributed by atoms with E-state index in [1.165, 1.54) is 0 Å². The Morgan fingerprint density at radius 2 is 1.80 bits per heavy atom. The van der Waals surface area contributed by atoms with Crippen LogP contribution < -0.4 is 4.72 Å². The minimum Gasteiger partial charge on any atom is -0.381 e. The molecule has 2 aliphatic rings. The van der Waals surface area contributed by atoms with E-state index in [1.54, 1.807) is 12.1 Å². The molecule has 20 heavy (non-hydrogen) atoms. The minimum atomic E-state index is -3.50. The van der Waals surface area contributed by atoms with E-state index >= 15 is 0 Å². The first kappa shape index (κ1) is 14.0. The number of benzene rings is 1. The number of rotatable bonds is 4. The molecule has 0 bridgehead atoms. The molecule has 1 aromatic carbocycles. The SMILES string of the molecule is O=S(=O)(NC1CCOC1)c1ccccc1C1CCOC1. The number of nitrogens with one attached hydrogen (secondary N) is 1. The molecule has 0 aliphatic carbocycles. The van der Waals surface area contributed by atoms with Gasteiger partial charge >= 0.3 is 0 Å². The summed E-state index contributed by atoms with van der Waals surface area (Å²) in [6.45, 7) is 2.36. The third-order valence-electron chi connectivity index (χ3n) is 3.83. The van der Waals surface area contributed by atoms with E-state index < -0.39 is 10.0 Å². The Morgan fingerprint density at radius 1 is 1.05 bits per heavy atom.